The van der Waals surface area contributed by atoms with Crippen molar-refractivity contribution < 1.29 is 23.3 Å². The summed E-state index contributed by atoms with van der Waals surface area (Å²) in [5.41, 5.74) is 1.93. The van der Waals surface area contributed by atoms with Gasteiger partial charge in [-0.3, -0.25) is 0 Å². The molecule has 0 bridgehead atoms. The van der Waals surface area contributed by atoms with E-state index in [-0.39, 0.29) is 18.9 Å². The van der Waals surface area contributed by atoms with Gasteiger partial charge in [0.25, 0.3) is 0 Å². The smallest absolute Gasteiger partial charge is 0.483 e. The van der Waals surface area contributed by atoms with E-state index in [1.807, 2.05) is 12.1 Å². The van der Waals surface area contributed by atoms with Crippen molar-refractivity contribution in [2.24, 2.45) is 0 Å². The summed E-state index contributed by atoms with van der Waals surface area (Å²) in [6.07, 6.45) is 0. The minimum Gasteiger partial charge on any atom is -0.483 e. The topological polar surface area (TPSA) is 13.1 Å². The Morgan fingerprint density at radius 2 is 1.72 bits per heavy atom. The number of rotatable bonds is 1. The van der Waals surface area contributed by atoms with Gasteiger partial charge in [0.2, 0.25) is 0 Å². The van der Waals surface area contributed by atoms with Crippen LogP contribution in [0.25, 0.3) is 21.9 Å². The first-order valence-corrected chi connectivity index (χ1v) is 9.40. The Morgan fingerprint density at radius 3 is 2.44 bits per heavy atom. The summed E-state index contributed by atoms with van der Waals surface area (Å²) in [7, 11) is -1.37. The number of hydrogen-bond donors (Lipinski definition) is 0. The van der Waals surface area contributed by atoms with Crippen molar-refractivity contribution in [3.8, 4) is 0 Å². The molecule has 1 aromatic heterocycles. The van der Waals surface area contributed by atoms with Crippen molar-refractivity contribution in [1.82, 2.24) is 0 Å². The second-order valence-corrected chi connectivity index (χ2v) is 10.5. The van der Waals surface area contributed by atoms with Crippen molar-refractivity contribution in [3.05, 3.63) is 42.5 Å². The van der Waals surface area contributed by atoms with Crippen LogP contribution in [-0.2, 0) is 0 Å². The molecule has 3 aromatic rings. The molecule has 0 N–H and O–H groups in total. The number of furan rings is 1. The van der Waals surface area contributed by atoms with Crippen LogP contribution in [0.15, 0.2) is 40.8 Å². The summed E-state index contributed by atoms with van der Waals surface area (Å²) in [5.74, 6) is 0. The maximum Gasteiger partial charge on any atom is 1.00 e. The quantitative estimate of drug-likeness (QED) is 0.460. The Kier molecular flexibility index (Phi) is 3.46. The number of hydrogen-bond acceptors (Lipinski definition) is 1. The average molecular weight is 246 g/mol. The van der Waals surface area contributed by atoms with E-state index < -0.39 is 8.07 Å². The molecule has 0 aliphatic carbocycles. The number of fused-ring (bicyclic) bond motifs is 3. The predicted molar refractivity (Wildman–Crippen MR) is 75.5 cm³/mol. The van der Waals surface area contributed by atoms with Gasteiger partial charge in [-0.05, 0) is 10.6 Å². The van der Waals surface area contributed by atoms with Crippen molar-refractivity contribution in [3.63, 3.8) is 0 Å². The molecule has 0 fully saturated rings. The molecule has 0 aliphatic rings. The second kappa shape index (κ2) is 4.62. The normalized spacial score (nSPS) is 11.7. The fourth-order valence-electron chi connectivity index (χ4n) is 2.27. The minimum atomic E-state index is -1.37. The van der Waals surface area contributed by atoms with Crippen LogP contribution in [0, 0.1) is 6.07 Å². The Hall–Kier alpha value is -0.946. The van der Waals surface area contributed by atoms with Gasteiger partial charge in [-0.2, -0.15) is 18.2 Å². The van der Waals surface area contributed by atoms with Crippen LogP contribution >= 0.6 is 0 Å². The maximum atomic E-state index is 5.99. The monoisotopic (exact) mass is 246 g/mol. The zero-order valence-corrected chi connectivity index (χ0v) is 12.4. The van der Waals surface area contributed by atoms with Crippen molar-refractivity contribution in [2.45, 2.75) is 19.6 Å². The van der Waals surface area contributed by atoms with Gasteiger partial charge in [0, 0.05) is 5.58 Å². The Labute approximate surface area is 120 Å². The molecule has 0 atom stereocenters. The largest absolute Gasteiger partial charge is 1.00 e. The molecular formula is C15H15LiOSi. The summed E-state index contributed by atoms with van der Waals surface area (Å²) in [6.45, 7) is 7.04. The molecule has 0 spiro atoms. The van der Waals surface area contributed by atoms with Gasteiger partial charge in [-0.15, -0.1) is 6.07 Å². The van der Waals surface area contributed by atoms with Crippen LogP contribution in [0.3, 0.4) is 0 Å². The van der Waals surface area contributed by atoms with Crippen molar-refractivity contribution in [2.75, 3.05) is 0 Å². The summed E-state index contributed by atoms with van der Waals surface area (Å²) >= 11 is 0. The van der Waals surface area contributed by atoms with Gasteiger partial charge in [0.1, 0.15) is 5.58 Å². The molecular weight excluding hydrogens is 231 g/mol. The molecule has 3 rings (SSSR count). The molecule has 3 heteroatoms. The molecule has 1 heterocycles. The summed E-state index contributed by atoms with van der Waals surface area (Å²) in [6, 6.07) is 15.7. The molecule has 18 heavy (non-hydrogen) atoms. The molecule has 0 radical (unpaired) electrons. The van der Waals surface area contributed by atoms with Crippen LogP contribution < -0.4 is 24.0 Å². The first kappa shape index (κ1) is 13.5. The summed E-state index contributed by atoms with van der Waals surface area (Å²) in [5, 5.41) is 3.78. The second-order valence-electron chi connectivity index (χ2n) is 5.45. The molecule has 1 nitrogen and oxygen atoms in total. The number of para-hydroxylation sites is 2. The van der Waals surface area contributed by atoms with Crippen LogP contribution in [-0.4, -0.2) is 8.07 Å². The van der Waals surface area contributed by atoms with Crippen LogP contribution in [0.5, 0.6) is 0 Å². The third kappa shape index (κ3) is 2.05. The molecule has 0 unspecified atom stereocenters. The fraction of sp³-hybridized carbons (Fsp3) is 0.200. The van der Waals surface area contributed by atoms with Gasteiger partial charge in [-0.1, -0.05) is 43.2 Å². The summed E-state index contributed by atoms with van der Waals surface area (Å²) < 4.78 is 5.99. The standard InChI is InChI=1S/C15H15OSi.Li/c1-17(2,3)14-10-6-8-12-11-7-4-5-9-13(11)16-15(12)14;/h4-8,10H,1-3H3;/q-1;+1. The van der Waals surface area contributed by atoms with Gasteiger partial charge >= 0.3 is 18.9 Å². The van der Waals surface area contributed by atoms with E-state index in [4.69, 9.17) is 4.42 Å². The predicted octanol–water partition coefficient (Wildman–Crippen LogP) is 0.935. The van der Waals surface area contributed by atoms with Crippen LogP contribution in [0.1, 0.15) is 0 Å². The molecule has 0 aliphatic heterocycles. The van der Waals surface area contributed by atoms with E-state index in [1.165, 1.54) is 16.0 Å². The maximum absolute atomic E-state index is 5.99. The van der Waals surface area contributed by atoms with E-state index in [0.29, 0.717) is 0 Å². The molecule has 0 amide bonds. The molecule has 2 aromatic carbocycles. The molecule has 0 saturated carbocycles. The van der Waals surface area contributed by atoms with E-state index in [1.54, 1.807) is 0 Å². The first-order chi connectivity index (χ1) is 8.07. The van der Waals surface area contributed by atoms with Crippen LogP contribution in [0.2, 0.25) is 19.6 Å². The third-order valence-electron chi connectivity index (χ3n) is 3.14. The van der Waals surface area contributed by atoms with E-state index in [0.717, 1.165) is 11.2 Å². The summed E-state index contributed by atoms with van der Waals surface area (Å²) in [4.78, 5) is 0. The van der Waals surface area contributed by atoms with Gasteiger partial charge in [0.05, 0.1) is 8.07 Å². The SMILES string of the molecule is C[Si](C)(C)c1cccc2c1oc1[c-]cccc12.[Li+]. The zero-order valence-electron chi connectivity index (χ0n) is 11.4. The van der Waals surface area contributed by atoms with E-state index in [9.17, 15) is 0 Å². The first-order valence-electron chi connectivity index (χ1n) is 5.90. The fourth-order valence-corrected chi connectivity index (χ4v) is 3.73. The van der Waals surface area contributed by atoms with Gasteiger partial charge < -0.3 is 4.42 Å². The van der Waals surface area contributed by atoms with E-state index >= 15 is 0 Å². The van der Waals surface area contributed by atoms with Gasteiger partial charge in [-0.25, -0.2) is 0 Å². The third-order valence-corrected chi connectivity index (χ3v) is 5.15. The van der Waals surface area contributed by atoms with Crippen molar-refractivity contribution >= 4 is 35.2 Å². The Balaban J connectivity index is 0.00000120. The minimum absolute atomic E-state index is 0. The zero-order chi connectivity index (χ0) is 12.0. The Morgan fingerprint density at radius 1 is 1.00 bits per heavy atom. The average Bonchev–Trinajstić information content (AvgIpc) is 2.65. The number of benzene rings is 2. The molecule has 0 saturated heterocycles. The van der Waals surface area contributed by atoms with E-state index in [2.05, 4.69) is 50.0 Å². The van der Waals surface area contributed by atoms with Crippen molar-refractivity contribution in [1.29, 1.82) is 0 Å². The van der Waals surface area contributed by atoms with Gasteiger partial charge in [0.15, 0.2) is 0 Å². The Bertz CT molecular complexity index is 694. The molecule has 86 valence electrons. The van der Waals surface area contributed by atoms with Crippen LogP contribution in [0.4, 0.5) is 0 Å².